The molecule has 0 heterocycles. The van der Waals surface area contributed by atoms with E-state index in [0.29, 0.717) is 30.3 Å². The number of rotatable bonds is 9. The Morgan fingerprint density at radius 3 is 2.37 bits per heavy atom. The van der Waals surface area contributed by atoms with E-state index in [1.54, 1.807) is 20.3 Å². The molecule has 0 aliphatic heterocycles. The smallest absolute Gasteiger partial charge is 0.322 e. The van der Waals surface area contributed by atoms with Gasteiger partial charge in [-0.1, -0.05) is 61.7 Å². The van der Waals surface area contributed by atoms with E-state index < -0.39 is 0 Å². The van der Waals surface area contributed by atoms with Gasteiger partial charge < -0.3 is 24.4 Å². The van der Waals surface area contributed by atoms with Crippen molar-refractivity contribution in [3.63, 3.8) is 0 Å². The summed E-state index contributed by atoms with van der Waals surface area (Å²) in [6.07, 6.45) is 5.52. The average Bonchev–Trinajstić information content (AvgIpc) is 2.92. The second kappa shape index (κ2) is 12.2. The molecule has 4 rings (SSSR count). The molecule has 0 bridgehead atoms. The minimum Gasteiger partial charge on any atom is -0.497 e. The standard InChI is InChI=1S/C29H34N2O4/c1-33-25-16-17-27(28(19-25)34-2)30-29(32)31(24-13-7-4-8-14-24)20-23-12-9-15-26(18-23)35-21-22-10-5-3-6-11-22/h3,5-6,9-12,15-19,24H,4,7-8,13-14,20-21H2,1-2H3,(H,30,32). The van der Waals surface area contributed by atoms with Gasteiger partial charge in [0.25, 0.3) is 0 Å². The van der Waals surface area contributed by atoms with Crippen molar-refractivity contribution in [2.45, 2.75) is 51.3 Å². The zero-order valence-electron chi connectivity index (χ0n) is 20.5. The van der Waals surface area contributed by atoms with Crippen molar-refractivity contribution in [2.24, 2.45) is 0 Å². The lowest BCUT2D eigenvalue weighted by Gasteiger charge is -2.34. The molecule has 0 atom stereocenters. The molecule has 1 fully saturated rings. The second-order valence-corrected chi connectivity index (χ2v) is 8.84. The Morgan fingerprint density at radius 1 is 0.857 bits per heavy atom. The number of ether oxygens (including phenoxy) is 3. The van der Waals surface area contributed by atoms with Crippen molar-refractivity contribution in [3.8, 4) is 17.2 Å². The summed E-state index contributed by atoms with van der Waals surface area (Å²) in [5.41, 5.74) is 2.78. The summed E-state index contributed by atoms with van der Waals surface area (Å²) in [6.45, 7) is 1.02. The van der Waals surface area contributed by atoms with E-state index in [4.69, 9.17) is 14.2 Å². The van der Waals surface area contributed by atoms with Crippen molar-refractivity contribution in [2.75, 3.05) is 19.5 Å². The maximum Gasteiger partial charge on any atom is 0.322 e. The molecule has 2 amide bonds. The Balaban J connectivity index is 1.49. The summed E-state index contributed by atoms with van der Waals surface area (Å²) in [6, 6.07) is 23.6. The highest BCUT2D eigenvalue weighted by molar-refractivity contribution is 5.91. The molecule has 3 aromatic carbocycles. The fourth-order valence-corrected chi connectivity index (χ4v) is 4.52. The van der Waals surface area contributed by atoms with Crippen LogP contribution >= 0.6 is 0 Å². The van der Waals surface area contributed by atoms with E-state index in [1.165, 1.54) is 6.42 Å². The van der Waals surface area contributed by atoms with Crippen LogP contribution in [0.15, 0.2) is 72.8 Å². The first-order valence-electron chi connectivity index (χ1n) is 12.2. The van der Waals surface area contributed by atoms with Gasteiger partial charge in [-0.15, -0.1) is 0 Å². The normalized spacial score (nSPS) is 13.7. The van der Waals surface area contributed by atoms with E-state index >= 15 is 0 Å². The molecule has 3 aromatic rings. The van der Waals surface area contributed by atoms with Gasteiger partial charge in [-0.05, 0) is 48.2 Å². The molecule has 0 aromatic heterocycles. The lowest BCUT2D eigenvalue weighted by Crippen LogP contribution is -2.43. The lowest BCUT2D eigenvalue weighted by molar-refractivity contribution is 0.162. The predicted octanol–water partition coefficient (Wildman–Crippen LogP) is 6.65. The molecule has 1 aliphatic rings. The third-order valence-corrected chi connectivity index (χ3v) is 6.43. The first-order valence-corrected chi connectivity index (χ1v) is 12.2. The Kier molecular flexibility index (Phi) is 8.49. The second-order valence-electron chi connectivity index (χ2n) is 8.84. The lowest BCUT2D eigenvalue weighted by atomic mass is 9.94. The maximum atomic E-state index is 13.5. The highest BCUT2D eigenvalue weighted by Crippen LogP contribution is 2.31. The van der Waals surface area contributed by atoms with Crippen LogP contribution in [-0.2, 0) is 13.2 Å². The van der Waals surface area contributed by atoms with E-state index in [0.717, 1.165) is 42.6 Å². The molecule has 1 N–H and O–H groups in total. The number of urea groups is 1. The van der Waals surface area contributed by atoms with Gasteiger partial charge >= 0.3 is 6.03 Å². The largest absolute Gasteiger partial charge is 0.497 e. The molecule has 0 unspecified atom stereocenters. The van der Waals surface area contributed by atoms with Crippen LogP contribution in [0.5, 0.6) is 17.2 Å². The molecule has 0 spiro atoms. The van der Waals surface area contributed by atoms with Gasteiger partial charge in [0, 0.05) is 18.7 Å². The Labute approximate surface area is 207 Å². The SMILES string of the molecule is COc1ccc(NC(=O)N(Cc2cccc(OCc3ccccc3)c2)C2CCCCC2)c(OC)c1. The summed E-state index contributed by atoms with van der Waals surface area (Å²) in [5, 5.41) is 3.07. The number of carbonyl (C=O) groups is 1. The minimum absolute atomic E-state index is 0.129. The summed E-state index contributed by atoms with van der Waals surface area (Å²) in [7, 11) is 3.19. The molecular weight excluding hydrogens is 440 g/mol. The summed E-state index contributed by atoms with van der Waals surface area (Å²) >= 11 is 0. The Bertz CT molecular complexity index is 1100. The van der Waals surface area contributed by atoms with E-state index in [2.05, 4.69) is 5.32 Å². The number of methoxy groups -OCH3 is 2. The van der Waals surface area contributed by atoms with E-state index in [-0.39, 0.29) is 12.1 Å². The van der Waals surface area contributed by atoms with Crippen molar-refractivity contribution in [1.82, 2.24) is 4.90 Å². The van der Waals surface area contributed by atoms with Gasteiger partial charge in [-0.25, -0.2) is 4.79 Å². The van der Waals surface area contributed by atoms with Crippen molar-refractivity contribution < 1.29 is 19.0 Å². The van der Waals surface area contributed by atoms with Crippen LogP contribution in [0.1, 0.15) is 43.2 Å². The number of hydrogen-bond donors (Lipinski definition) is 1. The van der Waals surface area contributed by atoms with Crippen LogP contribution in [0.2, 0.25) is 0 Å². The molecule has 6 heteroatoms. The number of nitrogens with zero attached hydrogens (tertiary/aromatic N) is 1. The van der Waals surface area contributed by atoms with Crippen LogP contribution in [0, 0.1) is 0 Å². The van der Waals surface area contributed by atoms with Crippen molar-refractivity contribution in [3.05, 3.63) is 83.9 Å². The third-order valence-electron chi connectivity index (χ3n) is 6.43. The summed E-state index contributed by atoms with van der Waals surface area (Å²) in [5.74, 6) is 2.04. The third kappa shape index (κ3) is 6.69. The zero-order chi connectivity index (χ0) is 24.5. The van der Waals surface area contributed by atoms with Gasteiger partial charge in [0.05, 0.1) is 19.9 Å². The number of amides is 2. The van der Waals surface area contributed by atoms with E-state index in [9.17, 15) is 4.79 Å². The van der Waals surface area contributed by atoms with Gasteiger partial charge in [0.2, 0.25) is 0 Å². The molecule has 6 nitrogen and oxygen atoms in total. The number of hydrogen-bond acceptors (Lipinski definition) is 4. The van der Waals surface area contributed by atoms with Gasteiger partial charge in [0.15, 0.2) is 0 Å². The van der Waals surface area contributed by atoms with Crippen molar-refractivity contribution >= 4 is 11.7 Å². The molecule has 35 heavy (non-hydrogen) atoms. The predicted molar refractivity (Wildman–Crippen MR) is 138 cm³/mol. The highest BCUT2D eigenvalue weighted by Gasteiger charge is 2.26. The topological polar surface area (TPSA) is 60.0 Å². The van der Waals surface area contributed by atoms with Crippen LogP contribution in [0.3, 0.4) is 0 Å². The van der Waals surface area contributed by atoms with Crippen LogP contribution in [0.25, 0.3) is 0 Å². The molecule has 184 valence electrons. The summed E-state index contributed by atoms with van der Waals surface area (Å²) < 4.78 is 16.8. The Morgan fingerprint density at radius 2 is 1.63 bits per heavy atom. The van der Waals surface area contributed by atoms with Gasteiger partial charge in [-0.3, -0.25) is 0 Å². The zero-order valence-corrected chi connectivity index (χ0v) is 20.5. The Hall–Kier alpha value is -3.67. The quantitative estimate of drug-likeness (QED) is 0.377. The number of anilines is 1. The fourth-order valence-electron chi connectivity index (χ4n) is 4.52. The maximum absolute atomic E-state index is 13.5. The van der Waals surface area contributed by atoms with Crippen molar-refractivity contribution in [1.29, 1.82) is 0 Å². The van der Waals surface area contributed by atoms with E-state index in [1.807, 2.05) is 71.6 Å². The molecule has 0 saturated heterocycles. The van der Waals surface area contributed by atoms with Crippen LogP contribution in [0.4, 0.5) is 10.5 Å². The number of benzene rings is 3. The number of nitrogens with one attached hydrogen (secondary N) is 1. The minimum atomic E-state index is -0.129. The molecule has 1 saturated carbocycles. The fraction of sp³-hybridized carbons (Fsp3) is 0.345. The highest BCUT2D eigenvalue weighted by atomic mass is 16.5. The monoisotopic (exact) mass is 474 g/mol. The molecule has 1 aliphatic carbocycles. The molecule has 0 radical (unpaired) electrons. The van der Waals surface area contributed by atoms with Gasteiger partial charge in [0.1, 0.15) is 23.9 Å². The number of carbonyl (C=O) groups excluding carboxylic acids is 1. The average molecular weight is 475 g/mol. The summed E-state index contributed by atoms with van der Waals surface area (Å²) in [4.78, 5) is 15.5. The first kappa shape index (κ1) is 24.5. The van der Waals surface area contributed by atoms with Crippen LogP contribution in [-0.4, -0.2) is 31.2 Å². The first-order chi connectivity index (χ1) is 17.2. The van der Waals surface area contributed by atoms with Gasteiger partial charge in [-0.2, -0.15) is 0 Å². The van der Waals surface area contributed by atoms with Crippen LogP contribution < -0.4 is 19.5 Å². The molecular formula is C29H34N2O4.